The highest BCUT2D eigenvalue weighted by Crippen LogP contribution is 2.38. The summed E-state index contributed by atoms with van der Waals surface area (Å²) < 4.78 is 49.1. The standard InChI is InChI=1S/C25H21F3N6O2S/c1-34-8-7-19(33-34)17-9-14(15-11-20(23(27)28)29-12-21(15)36-2)16(10-18(17)26)24(35)30-25-32-31-22(37-25)6-5-13-3-4-13/h7-13,23,25,32H,3-4H2,1-2H3,(H,30,35). The Bertz CT molecular complexity index is 1460. The molecule has 12 heteroatoms. The molecule has 0 radical (unpaired) electrons. The van der Waals surface area contributed by atoms with E-state index in [1.807, 2.05) is 0 Å². The van der Waals surface area contributed by atoms with Crippen LogP contribution in [0.5, 0.6) is 5.75 Å². The fourth-order valence-electron chi connectivity index (χ4n) is 3.68. The van der Waals surface area contributed by atoms with Crippen LogP contribution in [-0.2, 0) is 7.05 Å². The second kappa shape index (κ2) is 10.2. The number of rotatable bonds is 6. The first-order valence-corrected chi connectivity index (χ1v) is 12.2. The molecule has 1 fully saturated rings. The summed E-state index contributed by atoms with van der Waals surface area (Å²) in [7, 11) is 3.04. The lowest BCUT2D eigenvalue weighted by molar-refractivity contribution is 0.0946. The van der Waals surface area contributed by atoms with Crippen molar-refractivity contribution in [3.63, 3.8) is 0 Å². The zero-order valence-electron chi connectivity index (χ0n) is 19.8. The largest absolute Gasteiger partial charge is 0.494 e. The molecule has 0 saturated heterocycles. The number of carbonyl (C=O) groups excluding carboxylic acids is 1. The quantitative estimate of drug-likeness (QED) is 0.465. The molecule has 1 saturated carbocycles. The summed E-state index contributed by atoms with van der Waals surface area (Å²) in [5.74, 6) is 5.28. The Labute approximate surface area is 214 Å². The van der Waals surface area contributed by atoms with Crippen LogP contribution in [0.2, 0.25) is 0 Å². The molecule has 3 aromatic rings. The van der Waals surface area contributed by atoms with Gasteiger partial charge in [-0.3, -0.25) is 19.9 Å². The monoisotopic (exact) mass is 526 g/mol. The van der Waals surface area contributed by atoms with Crippen molar-refractivity contribution in [2.24, 2.45) is 18.1 Å². The normalized spacial score (nSPS) is 16.6. The van der Waals surface area contributed by atoms with Crippen molar-refractivity contribution >= 4 is 22.7 Å². The van der Waals surface area contributed by atoms with E-state index in [9.17, 15) is 13.6 Å². The molecule has 0 spiro atoms. The van der Waals surface area contributed by atoms with Crippen molar-refractivity contribution in [3.8, 4) is 40.0 Å². The minimum Gasteiger partial charge on any atom is -0.494 e. The third-order valence-electron chi connectivity index (χ3n) is 5.70. The number of hydrazone groups is 1. The van der Waals surface area contributed by atoms with E-state index in [0.717, 1.165) is 31.2 Å². The maximum absolute atomic E-state index is 15.3. The second-order valence-corrected chi connectivity index (χ2v) is 9.52. The van der Waals surface area contributed by atoms with Crippen LogP contribution < -0.4 is 15.5 Å². The number of ether oxygens (including phenoxy) is 1. The number of hydrogen-bond donors (Lipinski definition) is 2. The average molecular weight is 527 g/mol. The van der Waals surface area contributed by atoms with E-state index >= 15 is 4.39 Å². The number of carbonyl (C=O) groups is 1. The molecule has 1 aliphatic heterocycles. The molecular formula is C25H21F3N6O2S. The highest BCUT2D eigenvalue weighted by molar-refractivity contribution is 8.15. The van der Waals surface area contributed by atoms with E-state index in [1.54, 1.807) is 19.3 Å². The summed E-state index contributed by atoms with van der Waals surface area (Å²) in [4.78, 5) is 17.1. The van der Waals surface area contributed by atoms with Gasteiger partial charge in [0.2, 0.25) is 0 Å². The summed E-state index contributed by atoms with van der Waals surface area (Å²) in [5.41, 5.74) is 2.31. The highest BCUT2D eigenvalue weighted by atomic mass is 32.2. The molecule has 1 amide bonds. The molecule has 2 aliphatic rings. The van der Waals surface area contributed by atoms with Crippen molar-refractivity contribution in [2.45, 2.75) is 24.8 Å². The van der Waals surface area contributed by atoms with E-state index in [2.05, 4.69) is 37.8 Å². The van der Waals surface area contributed by atoms with Gasteiger partial charge in [0.15, 0.2) is 10.5 Å². The van der Waals surface area contributed by atoms with Crippen molar-refractivity contribution in [2.75, 3.05) is 7.11 Å². The lowest BCUT2D eigenvalue weighted by Crippen LogP contribution is -2.38. The summed E-state index contributed by atoms with van der Waals surface area (Å²) in [6.45, 7) is 0. The molecule has 37 heavy (non-hydrogen) atoms. The molecule has 190 valence electrons. The predicted octanol–water partition coefficient (Wildman–Crippen LogP) is 4.31. The van der Waals surface area contributed by atoms with Gasteiger partial charge in [-0.15, -0.1) is 0 Å². The Morgan fingerprint density at radius 1 is 1.27 bits per heavy atom. The second-order valence-electron chi connectivity index (χ2n) is 8.42. The third-order valence-corrected chi connectivity index (χ3v) is 6.57. The lowest BCUT2D eigenvalue weighted by atomic mass is 9.94. The fourth-order valence-corrected chi connectivity index (χ4v) is 4.40. The fraction of sp³-hybridized carbons (Fsp3) is 0.280. The van der Waals surface area contributed by atoms with Crippen LogP contribution in [-0.4, -0.2) is 38.3 Å². The van der Waals surface area contributed by atoms with Gasteiger partial charge in [-0.2, -0.15) is 10.2 Å². The van der Waals surface area contributed by atoms with Crippen LogP contribution in [0, 0.1) is 23.6 Å². The molecule has 2 N–H and O–H groups in total. The molecule has 1 aromatic carbocycles. The van der Waals surface area contributed by atoms with Gasteiger partial charge >= 0.3 is 0 Å². The first-order valence-electron chi connectivity index (χ1n) is 11.3. The molecule has 0 bridgehead atoms. The van der Waals surface area contributed by atoms with E-state index < -0.39 is 29.3 Å². The molecule has 1 unspecified atom stereocenters. The average Bonchev–Trinajstić information content (AvgIpc) is 3.45. The maximum Gasteiger partial charge on any atom is 0.280 e. The number of alkyl halides is 2. The van der Waals surface area contributed by atoms with Crippen molar-refractivity contribution in [3.05, 3.63) is 53.7 Å². The number of benzene rings is 1. The number of halogens is 3. The number of nitrogens with zero attached hydrogens (tertiary/aromatic N) is 4. The van der Waals surface area contributed by atoms with Gasteiger partial charge in [0.1, 0.15) is 17.3 Å². The Hall–Kier alpha value is -3.98. The van der Waals surface area contributed by atoms with Gasteiger partial charge in [-0.1, -0.05) is 5.92 Å². The summed E-state index contributed by atoms with van der Waals surface area (Å²) in [5, 5.41) is 11.6. The van der Waals surface area contributed by atoms with E-state index in [0.29, 0.717) is 16.7 Å². The lowest BCUT2D eigenvalue weighted by Gasteiger charge is -2.17. The van der Waals surface area contributed by atoms with Gasteiger partial charge in [0, 0.05) is 30.3 Å². The number of nitrogens with one attached hydrogen (secondary N) is 2. The molecule has 1 atom stereocenters. The van der Waals surface area contributed by atoms with Gasteiger partial charge < -0.3 is 10.1 Å². The minimum atomic E-state index is -2.86. The van der Waals surface area contributed by atoms with Crippen LogP contribution in [0.15, 0.2) is 41.8 Å². The molecular weight excluding hydrogens is 505 g/mol. The molecule has 8 nitrogen and oxygen atoms in total. The predicted molar refractivity (Wildman–Crippen MR) is 133 cm³/mol. The molecule has 5 rings (SSSR count). The van der Waals surface area contributed by atoms with Crippen LogP contribution >= 0.6 is 11.8 Å². The van der Waals surface area contributed by atoms with Gasteiger partial charge in [0.25, 0.3) is 12.3 Å². The van der Waals surface area contributed by atoms with Crippen molar-refractivity contribution < 1.29 is 22.7 Å². The van der Waals surface area contributed by atoms with E-state index in [4.69, 9.17) is 4.74 Å². The number of thioether (sulfide) groups is 1. The molecule has 3 heterocycles. The Morgan fingerprint density at radius 2 is 2.08 bits per heavy atom. The number of methoxy groups -OCH3 is 1. The van der Waals surface area contributed by atoms with Gasteiger partial charge in [0.05, 0.1) is 24.6 Å². The maximum atomic E-state index is 15.3. The summed E-state index contributed by atoms with van der Waals surface area (Å²) in [6, 6.07) is 5.20. The number of pyridine rings is 1. The minimum absolute atomic E-state index is 0.0817. The summed E-state index contributed by atoms with van der Waals surface area (Å²) >= 11 is 1.22. The van der Waals surface area contributed by atoms with Crippen LogP contribution in [0.3, 0.4) is 0 Å². The van der Waals surface area contributed by atoms with Crippen molar-refractivity contribution in [1.29, 1.82) is 0 Å². The van der Waals surface area contributed by atoms with Crippen LogP contribution in [0.1, 0.15) is 35.3 Å². The zero-order chi connectivity index (χ0) is 26.1. The van der Waals surface area contributed by atoms with Crippen LogP contribution in [0.4, 0.5) is 13.2 Å². The molecule has 2 aromatic heterocycles. The third kappa shape index (κ3) is 5.41. The number of aromatic nitrogens is 3. The van der Waals surface area contributed by atoms with Gasteiger partial charge in [-0.05, 0) is 60.4 Å². The summed E-state index contributed by atoms with van der Waals surface area (Å²) in [6.07, 6.45) is 2.09. The first kappa shape index (κ1) is 24.7. The Kier molecular flexibility index (Phi) is 6.80. The Balaban J connectivity index is 1.53. The topological polar surface area (TPSA) is 93.4 Å². The highest BCUT2D eigenvalue weighted by Gasteiger charge is 2.27. The van der Waals surface area contributed by atoms with Crippen molar-refractivity contribution in [1.82, 2.24) is 25.5 Å². The smallest absolute Gasteiger partial charge is 0.280 e. The first-order chi connectivity index (χ1) is 17.8. The van der Waals surface area contributed by atoms with E-state index in [-0.39, 0.29) is 28.0 Å². The Morgan fingerprint density at radius 3 is 2.76 bits per heavy atom. The van der Waals surface area contributed by atoms with E-state index in [1.165, 1.54) is 29.6 Å². The van der Waals surface area contributed by atoms with Crippen LogP contribution in [0.25, 0.3) is 22.4 Å². The number of hydrogen-bond acceptors (Lipinski definition) is 7. The molecule has 1 aliphatic carbocycles. The number of aryl methyl sites for hydroxylation is 1. The zero-order valence-corrected chi connectivity index (χ0v) is 20.6. The SMILES string of the molecule is COc1cnc(C(F)F)cc1-c1cc(-c2ccn(C)n2)c(F)cc1C(=O)NC1NN=C(C#CC2CC2)S1. The number of amides is 1. The van der Waals surface area contributed by atoms with Gasteiger partial charge in [-0.25, -0.2) is 13.2 Å².